The lowest BCUT2D eigenvalue weighted by Crippen LogP contribution is -1.77. The monoisotopic (exact) mass is 335 g/mol. The first-order valence-electron chi connectivity index (χ1n) is 8.21. The van der Waals surface area contributed by atoms with Crippen molar-refractivity contribution in [3.63, 3.8) is 0 Å². The van der Waals surface area contributed by atoms with Crippen LogP contribution in [0.25, 0.3) is 51.2 Å². The van der Waals surface area contributed by atoms with Gasteiger partial charge in [-0.1, -0.05) is 0 Å². The van der Waals surface area contributed by atoms with Gasteiger partial charge >= 0.3 is 0 Å². The van der Waals surface area contributed by atoms with Crippen LogP contribution in [0.2, 0.25) is 0 Å². The number of rotatable bonds is 0. The van der Waals surface area contributed by atoms with Gasteiger partial charge < -0.3 is 9.97 Å². The van der Waals surface area contributed by atoms with E-state index in [0.29, 0.717) is 5.69 Å². The Morgan fingerprint density at radius 1 is 0.654 bits per heavy atom. The first-order valence-corrected chi connectivity index (χ1v) is 8.21. The fourth-order valence-corrected chi connectivity index (χ4v) is 3.10. The molecule has 5 rings (SSSR count). The minimum atomic E-state index is 0.578. The van der Waals surface area contributed by atoms with Crippen molar-refractivity contribution in [3.8, 4) is 0 Å². The molecule has 122 valence electrons. The molecule has 5 heteroatoms. The Morgan fingerprint density at radius 2 is 1.27 bits per heavy atom. The number of nitrogens with one attached hydrogen (secondary N) is 2. The highest BCUT2D eigenvalue weighted by Gasteiger charge is 2.04. The maximum absolute atomic E-state index is 7.42. The lowest BCUT2D eigenvalue weighted by atomic mass is 10.3. The SMILES string of the molecule is [C-]#[N+]c1cc2cc3ccc(cc4nc(cc5nc(cc1[nH]2)C=C5)C=C4)[nH]3. The Balaban J connectivity index is 1.88. The molecule has 26 heavy (non-hydrogen) atoms. The lowest BCUT2D eigenvalue weighted by Gasteiger charge is -1.86. The molecule has 0 saturated carbocycles. The van der Waals surface area contributed by atoms with Crippen molar-refractivity contribution in [3.05, 3.63) is 76.7 Å². The fourth-order valence-electron chi connectivity index (χ4n) is 3.10. The highest BCUT2D eigenvalue weighted by molar-refractivity contribution is 5.84. The molecule has 0 aliphatic carbocycles. The largest absolute Gasteiger partial charge is 0.366 e. The molecule has 0 spiro atoms. The quantitative estimate of drug-likeness (QED) is 0.382. The third-order valence-corrected chi connectivity index (χ3v) is 4.27. The predicted molar refractivity (Wildman–Crippen MR) is 105 cm³/mol. The van der Waals surface area contributed by atoms with Crippen molar-refractivity contribution in [2.24, 2.45) is 0 Å². The van der Waals surface area contributed by atoms with Gasteiger partial charge in [0.05, 0.1) is 29.3 Å². The summed E-state index contributed by atoms with van der Waals surface area (Å²) in [4.78, 5) is 19.5. The summed E-state index contributed by atoms with van der Waals surface area (Å²) < 4.78 is 0. The highest BCUT2D eigenvalue weighted by Crippen LogP contribution is 2.24. The molecule has 2 aliphatic heterocycles. The van der Waals surface area contributed by atoms with Gasteiger partial charge in [-0.15, -0.1) is 0 Å². The van der Waals surface area contributed by atoms with Crippen LogP contribution in [-0.2, 0) is 0 Å². The fraction of sp³-hybridized carbons (Fsp3) is 0. The maximum atomic E-state index is 7.42. The van der Waals surface area contributed by atoms with Crippen LogP contribution < -0.4 is 0 Å². The predicted octanol–water partition coefficient (Wildman–Crippen LogP) is 5.21. The first kappa shape index (κ1) is 14.4. The first-order chi connectivity index (χ1) is 12.7. The van der Waals surface area contributed by atoms with Crippen molar-refractivity contribution in [2.75, 3.05) is 0 Å². The van der Waals surface area contributed by atoms with Crippen molar-refractivity contribution >= 4 is 52.1 Å². The van der Waals surface area contributed by atoms with Gasteiger partial charge in [-0.3, -0.25) is 0 Å². The standard InChI is InChI=1S/C21H13N5/c1-22-20-12-19-10-17-5-4-15(24-17)8-13-2-3-14(23-13)9-16-6-7-18(25-16)11-21(20)26-19/h2-12,24,26H. The molecule has 0 fully saturated rings. The van der Waals surface area contributed by atoms with Crippen LogP contribution in [0.4, 0.5) is 5.69 Å². The van der Waals surface area contributed by atoms with Gasteiger partial charge in [0.15, 0.2) is 0 Å². The van der Waals surface area contributed by atoms with Crippen molar-refractivity contribution in [2.45, 2.75) is 0 Å². The van der Waals surface area contributed by atoms with Crippen molar-refractivity contribution in [1.29, 1.82) is 0 Å². The van der Waals surface area contributed by atoms with Gasteiger partial charge in [-0.2, -0.15) is 0 Å². The molecular weight excluding hydrogens is 322 g/mol. The minimum absolute atomic E-state index is 0.578. The molecule has 0 saturated heterocycles. The van der Waals surface area contributed by atoms with Gasteiger partial charge in [-0.25, -0.2) is 14.8 Å². The number of hydrogen-bond donors (Lipinski definition) is 2. The zero-order valence-electron chi connectivity index (χ0n) is 13.7. The molecule has 2 N–H and O–H groups in total. The van der Waals surface area contributed by atoms with E-state index in [1.54, 1.807) is 0 Å². The second-order valence-electron chi connectivity index (χ2n) is 6.17. The summed E-state index contributed by atoms with van der Waals surface area (Å²) in [6.07, 6.45) is 7.86. The van der Waals surface area contributed by atoms with Crippen LogP contribution in [0.5, 0.6) is 0 Å². The molecule has 0 unspecified atom stereocenters. The summed E-state index contributed by atoms with van der Waals surface area (Å²) in [5, 5.41) is 0. The summed E-state index contributed by atoms with van der Waals surface area (Å²) in [6.45, 7) is 7.42. The average molecular weight is 335 g/mol. The molecule has 5 heterocycles. The van der Waals surface area contributed by atoms with Crippen LogP contribution in [0.3, 0.4) is 0 Å². The van der Waals surface area contributed by atoms with E-state index in [-0.39, 0.29) is 0 Å². The van der Waals surface area contributed by atoms with Crippen LogP contribution in [-0.4, -0.2) is 19.9 Å². The van der Waals surface area contributed by atoms with Gasteiger partial charge in [0, 0.05) is 22.1 Å². The number of hydrogen-bond acceptors (Lipinski definition) is 2. The molecule has 5 nitrogen and oxygen atoms in total. The van der Waals surface area contributed by atoms with E-state index < -0.39 is 0 Å². The second-order valence-corrected chi connectivity index (χ2v) is 6.17. The van der Waals surface area contributed by atoms with Crippen molar-refractivity contribution in [1.82, 2.24) is 19.9 Å². The van der Waals surface area contributed by atoms with Crippen LogP contribution in [0.1, 0.15) is 22.8 Å². The van der Waals surface area contributed by atoms with E-state index in [9.17, 15) is 0 Å². The Kier molecular flexibility index (Phi) is 3.09. The third kappa shape index (κ3) is 2.60. The van der Waals surface area contributed by atoms with E-state index in [1.165, 1.54) is 0 Å². The summed E-state index contributed by atoms with van der Waals surface area (Å²) in [6, 6.07) is 13.7. The van der Waals surface area contributed by atoms with Crippen LogP contribution in [0.15, 0.2) is 42.5 Å². The van der Waals surface area contributed by atoms with E-state index in [2.05, 4.69) is 24.8 Å². The number of aromatic nitrogens is 4. The van der Waals surface area contributed by atoms with E-state index in [1.807, 2.05) is 66.8 Å². The Bertz CT molecular complexity index is 1300. The minimum Gasteiger partial charge on any atom is -0.366 e. The molecule has 0 aromatic carbocycles. The van der Waals surface area contributed by atoms with Gasteiger partial charge in [-0.05, 0) is 66.8 Å². The molecule has 2 aliphatic rings. The lowest BCUT2D eigenvalue weighted by molar-refractivity contribution is 1.28. The molecule has 8 bridgehead atoms. The average Bonchev–Trinajstić information content (AvgIpc) is 3.39. The summed E-state index contributed by atoms with van der Waals surface area (Å²) >= 11 is 0. The zero-order chi connectivity index (χ0) is 17.5. The zero-order valence-corrected chi connectivity index (χ0v) is 13.7. The normalized spacial score (nSPS) is 12.3. The maximum Gasteiger partial charge on any atom is 0.212 e. The van der Waals surface area contributed by atoms with Crippen LogP contribution in [0, 0.1) is 6.57 Å². The third-order valence-electron chi connectivity index (χ3n) is 4.27. The number of nitrogens with zero attached hydrogens (tertiary/aromatic N) is 3. The number of fused-ring (bicyclic) bond motifs is 8. The molecule has 0 radical (unpaired) electrons. The molecule has 3 aromatic heterocycles. The Hall–Kier alpha value is -3.91. The van der Waals surface area contributed by atoms with Gasteiger partial charge in [0.2, 0.25) is 5.69 Å². The van der Waals surface area contributed by atoms with Crippen LogP contribution >= 0.6 is 0 Å². The Labute approximate surface area is 149 Å². The summed E-state index contributed by atoms with van der Waals surface area (Å²) in [7, 11) is 0. The molecule has 3 aromatic rings. The van der Waals surface area contributed by atoms with E-state index in [4.69, 9.17) is 6.57 Å². The smallest absolute Gasteiger partial charge is 0.212 e. The number of aromatic amines is 2. The summed E-state index contributed by atoms with van der Waals surface area (Å²) in [5.74, 6) is 0. The van der Waals surface area contributed by atoms with E-state index >= 15 is 0 Å². The summed E-state index contributed by atoms with van der Waals surface area (Å²) in [5.41, 5.74) is 7.56. The number of H-pyrrole nitrogens is 2. The molecule has 0 amide bonds. The second kappa shape index (κ2) is 5.57. The van der Waals surface area contributed by atoms with Gasteiger partial charge in [0.25, 0.3) is 0 Å². The molecular formula is C21H13N5. The topological polar surface area (TPSA) is 61.7 Å². The molecule has 0 atom stereocenters. The van der Waals surface area contributed by atoms with Crippen molar-refractivity contribution < 1.29 is 0 Å². The van der Waals surface area contributed by atoms with Gasteiger partial charge in [0.1, 0.15) is 0 Å². The van der Waals surface area contributed by atoms with E-state index in [0.717, 1.165) is 44.8 Å². The highest BCUT2D eigenvalue weighted by atomic mass is 14.8. The Morgan fingerprint density at radius 3 is 1.96 bits per heavy atom.